The number of hydrogen-bond donors (Lipinski definition) is 2. The molecule has 0 saturated carbocycles. The van der Waals surface area contributed by atoms with Crippen molar-refractivity contribution in [3.63, 3.8) is 0 Å². The molecule has 0 radical (unpaired) electrons. The van der Waals surface area contributed by atoms with E-state index in [0.29, 0.717) is 18.4 Å². The minimum absolute atomic E-state index is 0.347. The summed E-state index contributed by atoms with van der Waals surface area (Å²) in [5, 5.41) is 8.42. The molecule has 1 amide bonds. The van der Waals surface area contributed by atoms with E-state index in [2.05, 4.69) is 51.9 Å². The van der Waals surface area contributed by atoms with E-state index >= 15 is 0 Å². The van der Waals surface area contributed by atoms with Crippen molar-refractivity contribution in [3.8, 4) is 0 Å². The summed E-state index contributed by atoms with van der Waals surface area (Å²) in [6, 6.07) is 2.13. The van der Waals surface area contributed by atoms with Crippen LogP contribution in [0.25, 0.3) is 0 Å². The summed E-state index contributed by atoms with van der Waals surface area (Å²) < 4.78 is 6.40. The van der Waals surface area contributed by atoms with E-state index in [-0.39, 0.29) is 6.09 Å². The van der Waals surface area contributed by atoms with Crippen molar-refractivity contribution in [2.45, 2.75) is 46.8 Å². The van der Waals surface area contributed by atoms with Gasteiger partial charge >= 0.3 is 6.09 Å². The minimum Gasteiger partial charge on any atom is -0.444 e. The molecule has 0 spiro atoms. The number of halogens is 1. The van der Waals surface area contributed by atoms with Crippen LogP contribution < -0.4 is 10.6 Å². The van der Waals surface area contributed by atoms with Gasteiger partial charge in [0.15, 0.2) is 0 Å². The van der Waals surface area contributed by atoms with Crippen molar-refractivity contribution in [1.82, 2.24) is 10.6 Å². The molecule has 0 aliphatic heterocycles. The number of thiophene rings is 1. The van der Waals surface area contributed by atoms with Crippen molar-refractivity contribution < 1.29 is 9.53 Å². The van der Waals surface area contributed by atoms with E-state index < -0.39 is 5.60 Å². The predicted molar refractivity (Wildman–Crippen MR) is 96.3 cm³/mol. The number of hydrogen-bond acceptors (Lipinski definition) is 4. The van der Waals surface area contributed by atoms with Gasteiger partial charge < -0.3 is 15.4 Å². The number of carbonyl (C=O) groups is 1. The average molecular weight is 391 g/mol. The average Bonchev–Trinajstić information content (AvgIpc) is 2.76. The molecule has 1 atom stereocenters. The van der Waals surface area contributed by atoms with Crippen LogP contribution in [0, 0.1) is 11.8 Å². The second kappa shape index (κ2) is 8.89. The zero-order chi connectivity index (χ0) is 16.8. The first-order chi connectivity index (χ1) is 10.2. The van der Waals surface area contributed by atoms with Gasteiger partial charge in [-0.05, 0) is 54.6 Å². The molecular formula is C16H27BrN2O2S. The molecule has 0 fully saturated rings. The molecule has 6 heteroatoms. The van der Waals surface area contributed by atoms with Crippen molar-refractivity contribution in [2.75, 3.05) is 13.1 Å². The molecule has 1 unspecified atom stereocenters. The smallest absolute Gasteiger partial charge is 0.407 e. The molecule has 22 heavy (non-hydrogen) atoms. The topological polar surface area (TPSA) is 50.4 Å². The number of amides is 1. The quantitative estimate of drug-likeness (QED) is 0.725. The second-order valence-corrected chi connectivity index (χ2v) is 8.66. The van der Waals surface area contributed by atoms with Crippen LogP contribution in [-0.4, -0.2) is 24.8 Å². The minimum atomic E-state index is -0.456. The Morgan fingerprint density at radius 3 is 2.55 bits per heavy atom. The van der Waals surface area contributed by atoms with Gasteiger partial charge in [-0.15, -0.1) is 11.3 Å². The van der Waals surface area contributed by atoms with Gasteiger partial charge in [-0.25, -0.2) is 4.79 Å². The number of carbonyl (C=O) groups excluding carboxylic acids is 1. The van der Waals surface area contributed by atoms with Crippen LogP contribution in [-0.2, 0) is 11.3 Å². The zero-order valence-electron chi connectivity index (χ0n) is 14.0. The maximum Gasteiger partial charge on any atom is 0.407 e. The van der Waals surface area contributed by atoms with Gasteiger partial charge in [0.1, 0.15) is 5.60 Å². The molecule has 1 heterocycles. The van der Waals surface area contributed by atoms with Crippen LogP contribution in [0.1, 0.15) is 39.5 Å². The van der Waals surface area contributed by atoms with Gasteiger partial charge in [-0.3, -0.25) is 0 Å². The van der Waals surface area contributed by atoms with E-state index in [1.54, 1.807) is 11.3 Å². The van der Waals surface area contributed by atoms with Gasteiger partial charge in [0.25, 0.3) is 0 Å². The molecular weight excluding hydrogens is 364 g/mol. The highest BCUT2D eigenvalue weighted by atomic mass is 79.9. The largest absolute Gasteiger partial charge is 0.444 e. The fourth-order valence-corrected chi connectivity index (χ4v) is 3.32. The van der Waals surface area contributed by atoms with E-state index in [0.717, 1.165) is 17.6 Å². The van der Waals surface area contributed by atoms with Gasteiger partial charge in [-0.1, -0.05) is 13.8 Å². The Morgan fingerprint density at radius 2 is 2.05 bits per heavy atom. The van der Waals surface area contributed by atoms with E-state index in [1.165, 1.54) is 4.88 Å². The number of nitrogens with one attached hydrogen (secondary N) is 2. The molecule has 4 nitrogen and oxygen atoms in total. The summed E-state index contributed by atoms with van der Waals surface area (Å²) in [6.45, 7) is 12.3. The summed E-state index contributed by atoms with van der Waals surface area (Å²) in [5.41, 5.74) is -0.456. The van der Waals surface area contributed by atoms with Crippen LogP contribution in [0.2, 0.25) is 0 Å². The summed E-state index contributed by atoms with van der Waals surface area (Å²) in [4.78, 5) is 13.0. The Balaban J connectivity index is 2.34. The number of alkyl carbamates (subject to hydrolysis) is 1. The van der Waals surface area contributed by atoms with Gasteiger partial charge in [0.2, 0.25) is 0 Å². The van der Waals surface area contributed by atoms with Crippen LogP contribution >= 0.6 is 27.3 Å². The molecule has 0 aliphatic rings. The summed E-state index contributed by atoms with van der Waals surface area (Å²) in [6.07, 6.45) is -0.347. The molecule has 1 aromatic rings. The Bertz CT molecular complexity index is 469. The molecule has 0 saturated heterocycles. The van der Waals surface area contributed by atoms with Gasteiger partial charge in [0, 0.05) is 34.4 Å². The van der Waals surface area contributed by atoms with E-state index in [1.807, 2.05) is 20.8 Å². The monoisotopic (exact) mass is 390 g/mol. The maximum atomic E-state index is 11.7. The molecule has 1 rings (SSSR count). The predicted octanol–water partition coefficient (Wildman–Crippen LogP) is 4.40. The van der Waals surface area contributed by atoms with Crippen molar-refractivity contribution in [1.29, 1.82) is 0 Å². The molecule has 0 aliphatic carbocycles. The third kappa shape index (κ3) is 8.15. The highest BCUT2D eigenvalue weighted by Crippen LogP contribution is 2.19. The van der Waals surface area contributed by atoms with Crippen LogP contribution in [0.15, 0.2) is 15.9 Å². The lowest BCUT2D eigenvalue weighted by Crippen LogP contribution is -2.39. The number of rotatable bonds is 7. The van der Waals surface area contributed by atoms with E-state index in [4.69, 9.17) is 4.74 Å². The fourth-order valence-electron chi connectivity index (χ4n) is 1.90. The van der Waals surface area contributed by atoms with Crippen molar-refractivity contribution in [3.05, 3.63) is 20.8 Å². The van der Waals surface area contributed by atoms with Crippen molar-refractivity contribution >= 4 is 33.4 Å². The summed E-state index contributed by atoms with van der Waals surface area (Å²) in [5.74, 6) is 0.855. The summed E-state index contributed by atoms with van der Waals surface area (Å²) in [7, 11) is 0. The lowest BCUT2D eigenvalue weighted by Gasteiger charge is -2.24. The first-order valence-corrected chi connectivity index (χ1v) is 9.25. The Labute approximate surface area is 146 Å². The molecule has 126 valence electrons. The fraction of sp³-hybridized carbons (Fsp3) is 0.688. The van der Waals surface area contributed by atoms with Crippen LogP contribution in [0.5, 0.6) is 0 Å². The Morgan fingerprint density at radius 1 is 1.36 bits per heavy atom. The highest BCUT2D eigenvalue weighted by Gasteiger charge is 2.19. The summed E-state index contributed by atoms with van der Waals surface area (Å²) >= 11 is 5.20. The lowest BCUT2D eigenvalue weighted by atomic mass is 9.96. The highest BCUT2D eigenvalue weighted by molar-refractivity contribution is 9.10. The normalized spacial score (nSPS) is 13.2. The van der Waals surface area contributed by atoms with Gasteiger partial charge in [0.05, 0.1) is 0 Å². The molecule has 1 aromatic heterocycles. The molecule has 0 bridgehead atoms. The lowest BCUT2D eigenvalue weighted by molar-refractivity contribution is 0.0515. The Hall–Kier alpha value is -0.590. The zero-order valence-corrected chi connectivity index (χ0v) is 16.4. The maximum absolute atomic E-state index is 11.7. The van der Waals surface area contributed by atoms with Crippen LogP contribution in [0.4, 0.5) is 4.79 Å². The Kier molecular flexibility index (Phi) is 7.86. The molecule has 0 aromatic carbocycles. The van der Waals surface area contributed by atoms with Crippen molar-refractivity contribution in [2.24, 2.45) is 11.8 Å². The number of ether oxygens (including phenoxy) is 1. The first kappa shape index (κ1) is 19.5. The molecule has 2 N–H and O–H groups in total. The van der Waals surface area contributed by atoms with Gasteiger partial charge in [-0.2, -0.15) is 0 Å². The standard InChI is InChI=1S/C16H27BrN2O2S/c1-11(2)12(8-19-15(20)21-16(3,4)5)7-18-9-14-6-13(17)10-22-14/h6,10-12,18H,7-9H2,1-5H3,(H,19,20). The van der Waals surface area contributed by atoms with E-state index in [9.17, 15) is 4.79 Å². The SMILES string of the molecule is CC(C)C(CNCc1cc(Br)cs1)CNC(=O)OC(C)(C)C. The van der Waals surface area contributed by atoms with Crippen LogP contribution in [0.3, 0.4) is 0 Å². The second-order valence-electron chi connectivity index (χ2n) is 6.75. The first-order valence-electron chi connectivity index (χ1n) is 7.58. The third-order valence-corrected chi connectivity index (χ3v) is 4.88. The third-order valence-electron chi connectivity index (χ3n) is 3.18.